The first kappa shape index (κ1) is 13.3. The number of carbonyl (C=O) groups excluding carboxylic acids is 2. The van der Waals surface area contributed by atoms with Crippen LogP contribution in [0.3, 0.4) is 0 Å². The molecule has 0 unspecified atom stereocenters. The van der Waals surface area contributed by atoms with Gasteiger partial charge in [-0.25, -0.2) is 0 Å². The lowest BCUT2D eigenvalue weighted by Crippen LogP contribution is -2.22. The molecule has 0 radical (unpaired) electrons. The summed E-state index contributed by atoms with van der Waals surface area (Å²) in [4.78, 5) is 25.5. The van der Waals surface area contributed by atoms with E-state index in [1.54, 1.807) is 19.0 Å². The van der Waals surface area contributed by atoms with Gasteiger partial charge in [-0.15, -0.1) is 11.3 Å². The molecular weight excluding hydrogens is 240 g/mol. The van der Waals surface area contributed by atoms with Gasteiger partial charge in [0, 0.05) is 28.2 Å². The molecule has 1 aromatic heterocycles. The lowest BCUT2D eigenvalue weighted by atomic mass is 10.2. The predicted octanol–water partition coefficient (Wildman–Crippen LogP) is 0.116. The van der Waals surface area contributed by atoms with Crippen LogP contribution >= 0.6 is 11.3 Å². The van der Waals surface area contributed by atoms with Crippen LogP contribution < -0.4 is 21.3 Å². The number of nitrogens with two attached hydrogens (primary N) is 1. The summed E-state index contributed by atoms with van der Waals surface area (Å²) >= 11 is 1.20. The van der Waals surface area contributed by atoms with Crippen LogP contribution in [0.4, 0.5) is 10.7 Å². The molecule has 6 nitrogen and oxygen atoms in total. The predicted molar refractivity (Wildman–Crippen MR) is 69.8 cm³/mol. The fraction of sp³-hybridized carbons (Fsp3) is 0.400. The zero-order valence-electron chi connectivity index (χ0n) is 10.2. The maximum Gasteiger partial charge on any atom is 0.263 e. The Morgan fingerprint density at radius 1 is 1.18 bits per heavy atom. The van der Waals surface area contributed by atoms with E-state index in [4.69, 9.17) is 5.73 Å². The van der Waals surface area contributed by atoms with Crippen LogP contribution in [-0.2, 0) is 0 Å². The quantitative estimate of drug-likeness (QED) is 0.716. The number of hydrogen-bond donors (Lipinski definition) is 3. The summed E-state index contributed by atoms with van der Waals surface area (Å²) < 4.78 is 0. The summed E-state index contributed by atoms with van der Waals surface area (Å²) in [6.45, 7) is 0. The Morgan fingerprint density at radius 2 is 1.71 bits per heavy atom. The zero-order valence-corrected chi connectivity index (χ0v) is 11.1. The number of amides is 2. The largest absolute Gasteiger partial charge is 0.397 e. The second-order valence-corrected chi connectivity index (χ2v) is 4.58. The van der Waals surface area contributed by atoms with Gasteiger partial charge in [0.25, 0.3) is 11.8 Å². The molecule has 0 aliphatic heterocycles. The van der Waals surface area contributed by atoms with E-state index in [9.17, 15) is 9.59 Å². The highest BCUT2D eigenvalue weighted by atomic mass is 32.1. The number of rotatable bonds is 3. The van der Waals surface area contributed by atoms with Crippen molar-refractivity contribution < 1.29 is 9.59 Å². The van der Waals surface area contributed by atoms with Crippen LogP contribution in [0.25, 0.3) is 0 Å². The van der Waals surface area contributed by atoms with E-state index in [-0.39, 0.29) is 17.5 Å². The summed E-state index contributed by atoms with van der Waals surface area (Å²) in [5, 5.41) is 5.68. The first-order valence-electron chi connectivity index (χ1n) is 4.97. The Kier molecular flexibility index (Phi) is 3.95. The van der Waals surface area contributed by atoms with E-state index >= 15 is 0 Å². The van der Waals surface area contributed by atoms with E-state index in [0.717, 1.165) is 0 Å². The fourth-order valence-electron chi connectivity index (χ4n) is 1.37. The highest BCUT2D eigenvalue weighted by Gasteiger charge is 2.25. The van der Waals surface area contributed by atoms with Crippen molar-refractivity contribution in [2.24, 2.45) is 0 Å². The van der Waals surface area contributed by atoms with Crippen molar-refractivity contribution in [2.75, 3.05) is 38.8 Å². The molecule has 0 bridgehead atoms. The van der Waals surface area contributed by atoms with Gasteiger partial charge in [-0.3, -0.25) is 9.59 Å². The second kappa shape index (κ2) is 5.05. The molecule has 0 fully saturated rings. The third kappa shape index (κ3) is 2.33. The van der Waals surface area contributed by atoms with E-state index in [2.05, 4.69) is 10.6 Å². The summed E-state index contributed by atoms with van der Waals surface area (Å²) in [6.07, 6.45) is 0. The average molecular weight is 256 g/mol. The molecule has 1 heterocycles. The minimum Gasteiger partial charge on any atom is -0.397 e. The molecular formula is C10H16N4O2S. The Labute approximate surface area is 104 Å². The van der Waals surface area contributed by atoms with Gasteiger partial charge in [0.2, 0.25) is 0 Å². The summed E-state index contributed by atoms with van der Waals surface area (Å²) in [7, 11) is 6.64. The van der Waals surface area contributed by atoms with E-state index in [1.165, 1.54) is 25.4 Å². The van der Waals surface area contributed by atoms with E-state index in [0.29, 0.717) is 15.4 Å². The number of carbonyl (C=O) groups is 2. The van der Waals surface area contributed by atoms with Gasteiger partial charge < -0.3 is 21.3 Å². The summed E-state index contributed by atoms with van der Waals surface area (Å²) in [6, 6.07) is 0. The third-order valence-electron chi connectivity index (χ3n) is 2.22. The highest BCUT2D eigenvalue weighted by molar-refractivity contribution is 7.19. The average Bonchev–Trinajstić information content (AvgIpc) is 2.65. The minimum absolute atomic E-state index is 0.220. The van der Waals surface area contributed by atoms with E-state index < -0.39 is 0 Å². The monoisotopic (exact) mass is 256 g/mol. The van der Waals surface area contributed by atoms with Crippen LogP contribution in [-0.4, -0.2) is 40.0 Å². The standard InChI is InChI=1S/C10H16N4O2S/c1-12-8(15)5-6(11)7(9(16)13-2)17-10(5)14(3)4/h11H2,1-4H3,(H,12,15)(H,13,16). The number of hydrogen-bond acceptors (Lipinski definition) is 5. The number of nitrogens with one attached hydrogen (secondary N) is 2. The van der Waals surface area contributed by atoms with Crippen LogP contribution in [0, 0.1) is 0 Å². The van der Waals surface area contributed by atoms with Crippen molar-refractivity contribution in [3.63, 3.8) is 0 Å². The van der Waals surface area contributed by atoms with Gasteiger partial charge in [-0.2, -0.15) is 0 Å². The molecule has 7 heteroatoms. The topological polar surface area (TPSA) is 87.5 Å². The number of nitrogens with zero attached hydrogens (tertiary/aromatic N) is 1. The Balaban J connectivity index is 3.40. The van der Waals surface area contributed by atoms with Crippen molar-refractivity contribution in [1.82, 2.24) is 10.6 Å². The van der Waals surface area contributed by atoms with Gasteiger partial charge in [0.15, 0.2) is 0 Å². The molecule has 0 atom stereocenters. The molecule has 94 valence electrons. The Morgan fingerprint density at radius 3 is 2.12 bits per heavy atom. The van der Waals surface area contributed by atoms with Gasteiger partial charge in [0.05, 0.1) is 11.3 Å². The molecule has 0 saturated heterocycles. The molecule has 0 saturated carbocycles. The van der Waals surface area contributed by atoms with Crippen molar-refractivity contribution in [1.29, 1.82) is 0 Å². The first-order valence-corrected chi connectivity index (χ1v) is 5.79. The maximum absolute atomic E-state index is 11.7. The zero-order chi connectivity index (χ0) is 13.2. The van der Waals surface area contributed by atoms with Crippen LogP contribution in [0.1, 0.15) is 20.0 Å². The van der Waals surface area contributed by atoms with Crippen molar-refractivity contribution in [3.8, 4) is 0 Å². The summed E-state index contributed by atoms with van der Waals surface area (Å²) in [5.41, 5.74) is 6.43. The van der Waals surface area contributed by atoms with Crippen LogP contribution in [0.15, 0.2) is 0 Å². The van der Waals surface area contributed by atoms with Crippen molar-refractivity contribution >= 4 is 33.8 Å². The SMILES string of the molecule is CNC(=O)c1sc(N(C)C)c(C(=O)NC)c1N. The number of nitrogen functional groups attached to an aromatic ring is 1. The third-order valence-corrected chi connectivity index (χ3v) is 3.59. The van der Waals surface area contributed by atoms with Gasteiger partial charge in [-0.1, -0.05) is 0 Å². The van der Waals surface area contributed by atoms with E-state index in [1.807, 2.05) is 0 Å². The smallest absolute Gasteiger partial charge is 0.263 e. The molecule has 1 rings (SSSR count). The number of thiophene rings is 1. The molecule has 0 spiro atoms. The van der Waals surface area contributed by atoms with Gasteiger partial charge in [-0.05, 0) is 0 Å². The fourth-order valence-corrected chi connectivity index (χ4v) is 2.46. The molecule has 17 heavy (non-hydrogen) atoms. The highest BCUT2D eigenvalue weighted by Crippen LogP contribution is 2.37. The maximum atomic E-state index is 11.7. The Bertz CT molecular complexity index is 453. The molecule has 0 aliphatic rings. The summed E-state index contributed by atoms with van der Waals surface area (Å²) in [5.74, 6) is -0.580. The van der Waals surface area contributed by atoms with Crippen LogP contribution in [0.2, 0.25) is 0 Å². The molecule has 2 amide bonds. The van der Waals surface area contributed by atoms with Gasteiger partial charge in [0.1, 0.15) is 9.88 Å². The molecule has 4 N–H and O–H groups in total. The first-order chi connectivity index (χ1) is 7.93. The molecule has 0 aromatic carbocycles. The molecule has 0 aliphatic carbocycles. The number of anilines is 2. The lowest BCUT2D eigenvalue weighted by molar-refractivity contribution is 0.0963. The van der Waals surface area contributed by atoms with Crippen molar-refractivity contribution in [2.45, 2.75) is 0 Å². The molecule has 1 aromatic rings. The van der Waals surface area contributed by atoms with Gasteiger partial charge >= 0.3 is 0 Å². The van der Waals surface area contributed by atoms with Crippen LogP contribution in [0.5, 0.6) is 0 Å². The van der Waals surface area contributed by atoms with Crippen molar-refractivity contribution in [3.05, 3.63) is 10.4 Å². The Hall–Kier alpha value is -1.76. The second-order valence-electron chi connectivity index (χ2n) is 3.58. The normalized spacial score (nSPS) is 9.88. The lowest BCUT2D eigenvalue weighted by Gasteiger charge is -2.11. The minimum atomic E-state index is -0.294.